The van der Waals surface area contributed by atoms with Crippen molar-refractivity contribution in [2.75, 3.05) is 13.1 Å². The first-order chi connectivity index (χ1) is 9.16. The summed E-state index contributed by atoms with van der Waals surface area (Å²) in [6.07, 6.45) is 6.48. The predicted molar refractivity (Wildman–Crippen MR) is 82.6 cm³/mol. The summed E-state index contributed by atoms with van der Waals surface area (Å²) in [7, 11) is 0. The second kappa shape index (κ2) is 5.19. The lowest BCUT2D eigenvalue weighted by Gasteiger charge is -2.51. The average molecular weight is 278 g/mol. The largest absolute Gasteiger partial charge is 0.329 e. The van der Waals surface area contributed by atoms with E-state index in [9.17, 15) is 0 Å². The second-order valence-electron chi connectivity index (χ2n) is 6.53. The number of fused-ring (bicyclic) bond motifs is 1. The van der Waals surface area contributed by atoms with Gasteiger partial charge in [-0.15, -0.1) is 11.3 Å². The molecular weight excluding hydrogens is 252 g/mol. The average Bonchev–Trinajstić information content (AvgIpc) is 2.90. The van der Waals surface area contributed by atoms with Crippen LogP contribution in [0, 0.1) is 5.92 Å². The van der Waals surface area contributed by atoms with Crippen LogP contribution in [0.3, 0.4) is 0 Å². The number of nitrogens with zero attached hydrogens (tertiary/aromatic N) is 1. The lowest BCUT2D eigenvalue weighted by atomic mass is 9.74. The quantitative estimate of drug-likeness (QED) is 0.896. The molecule has 0 aromatic carbocycles. The first kappa shape index (κ1) is 13.6. The molecule has 0 bridgehead atoms. The third kappa shape index (κ3) is 2.26. The molecule has 1 aromatic heterocycles. The smallest absolute Gasteiger partial charge is 0.0338 e. The zero-order valence-electron chi connectivity index (χ0n) is 12.2. The lowest BCUT2D eigenvalue weighted by molar-refractivity contribution is 0.00906. The first-order valence-electron chi connectivity index (χ1n) is 7.69. The van der Waals surface area contributed by atoms with Crippen LogP contribution in [0.15, 0.2) is 11.4 Å². The van der Waals surface area contributed by atoms with Crippen molar-refractivity contribution in [3.8, 4) is 0 Å². The van der Waals surface area contributed by atoms with E-state index >= 15 is 0 Å². The highest BCUT2D eigenvalue weighted by molar-refractivity contribution is 7.10. The zero-order chi connectivity index (χ0) is 13.5. The Morgan fingerprint density at radius 3 is 2.79 bits per heavy atom. The van der Waals surface area contributed by atoms with Crippen LogP contribution in [0.4, 0.5) is 0 Å². The fraction of sp³-hybridized carbons (Fsp3) is 0.750. The minimum Gasteiger partial charge on any atom is -0.329 e. The van der Waals surface area contributed by atoms with Gasteiger partial charge in [-0.2, -0.15) is 0 Å². The highest BCUT2D eigenvalue weighted by atomic mass is 32.1. The summed E-state index contributed by atoms with van der Waals surface area (Å²) in [6.45, 7) is 6.78. The van der Waals surface area contributed by atoms with Gasteiger partial charge in [0.25, 0.3) is 0 Å². The Morgan fingerprint density at radius 2 is 2.11 bits per heavy atom. The molecule has 1 atom stereocenters. The molecule has 0 spiro atoms. The Kier molecular flexibility index (Phi) is 3.71. The SMILES string of the molecule is CC1CCC(CN)(N2CCc3sccc3C2C)CC1. The Hall–Kier alpha value is -0.380. The van der Waals surface area contributed by atoms with E-state index in [0.717, 1.165) is 12.5 Å². The molecule has 0 radical (unpaired) electrons. The van der Waals surface area contributed by atoms with Gasteiger partial charge >= 0.3 is 0 Å². The molecule has 1 fully saturated rings. The van der Waals surface area contributed by atoms with E-state index < -0.39 is 0 Å². The van der Waals surface area contributed by atoms with Gasteiger partial charge in [-0.05, 0) is 62.0 Å². The summed E-state index contributed by atoms with van der Waals surface area (Å²) < 4.78 is 0. The van der Waals surface area contributed by atoms with Gasteiger partial charge in [0.1, 0.15) is 0 Å². The molecule has 1 aliphatic heterocycles. The van der Waals surface area contributed by atoms with Crippen LogP contribution >= 0.6 is 11.3 Å². The topological polar surface area (TPSA) is 29.3 Å². The minimum atomic E-state index is 0.269. The molecule has 0 amide bonds. The van der Waals surface area contributed by atoms with Gasteiger partial charge in [-0.1, -0.05) is 6.92 Å². The van der Waals surface area contributed by atoms with Gasteiger partial charge in [0.2, 0.25) is 0 Å². The molecule has 2 heterocycles. The van der Waals surface area contributed by atoms with Crippen LogP contribution in [-0.4, -0.2) is 23.5 Å². The standard InChI is InChI=1S/C16H26N2S/c1-12-3-7-16(11-17,8-4-12)18-9-5-15-14(13(18)2)6-10-19-15/h6,10,12-13H,3-5,7-9,11,17H2,1-2H3. The molecule has 1 unspecified atom stereocenters. The van der Waals surface area contributed by atoms with E-state index in [4.69, 9.17) is 5.73 Å². The monoisotopic (exact) mass is 278 g/mol. The number of thiophene rings is 1. The molecule has 3 heteroatoms. The molecule has 2 aliphatic rings. The van der Waals surface area contributed by atoms with Crippen molar-refractivity contribution in [2.24, 2.45) is 11.7 Å². The summed E-state index contributed by atoms with van der Waals surface area (Å²) in [5.74, 6) is 0.886. The van der Waals surface area contributed by atoms with E-state index in [-0.39, 0.29) is 5.54 Å². The highest BCUT2D eigenvalue weighted by Gasteiger charge is 2.42. The van der Waals surface area contributed by atoms with Crippen molar-refractivity contribution in [2.45, 2.75) is 57.5 Å². The predicted octanol–water partition coefficient (Wildman–Crippen LogP) is 3.57. The van der Waals surface area contributed by atoms with E-state index in [1.807, 2.05) is 11.3 Å². The molecule has 1 aromatic rings. The Balaban J connectivity index is 1.85. The summed E-state index contributed by atoms with van der Waals surface area (Å²) in [5.41, 5.74) is 8.06. The van der Waals surface area contributed by atoms with Gasteiger partial charge in [-0.3, -0.25) is 4.90 Å². The van der Waals surface area contributed by atoms with Crippen molar-refractivity contribution in [3.63, 3.8) is 0 Å². The molecular formula is C16H26N2S. The first-order valence-corrected chi connectivity index (χ1v) is 8.57. The van der Waals surface area contributed by atoms with Crippen molar-refractivity contribution < 1.29 is 0 Å². The molecule has 1 saturated carbocycles. The van der Waals surface area contributed by atoms with Gasteiger partial charge in [0.15, 0.2) is 0 Å². The molecule has 19 heavy (non-hydrogen) atoms. The zero-order valence-corrected chi connectivity index (χ0v) is 13.0. The Bertz CT molecular complexity index is 432. The van der Waals surface area contributed by atoms with Crippen molar-refractivity contribution in [1.82, 2.24) is 4.90 Å². The maximum absolute atomic E-state index is 6.23. The number of hydrogen-bond donors (Lipinski definition) is 1. The van der Waals surface area contributed by atoms with E-state index in [2.05, 4.69) is 30.2 Å². The fourth-order valence-corrected chi connectivity index (χ4v) is 5.03. The van der Waals surface area contributed by atoms with Crippen LogP contribution in [0.1, 0.15) is 56.0 Å². The van der Waals surface area contributed by atoms with Crippen LogP contribution in [0.2, 0.25) is 0 Å². The lowest BCUT2D eigenvalue weighted by Crippen LogP contribution is -2.57. The third-order valence-electron chi connectivity index (χ3n) is 5.47. The summed E-state index contributed by atoms with van der Waals surface area (Å²) in [4.78, 5) is 4.33. The number of hydrogen-bond acceptors (Lipinski definition) is 3. The van der Waals surface area contributed by atoms with Crippen LogP contribution in [-0.2, 0) is 6.42 Å². The molecule has 1 aliphatic carbocycles. The Labute approximate surface area is 121 Å². The number of rotatable bonds is 2. The molecule has 0 saturated heterocycles. The van der Waals surface area contributed by atoms with E-state index in [1.165, 1.54) is 38.6 Å². The maximum atomic E-state index is 6.23. The van der Waals surface area contributed by atoms with E-state index in [0.29, 0.717) is 6.04 Å². The summed E-state index contributed by atoms with van der Waals surface area (Å²) in [6, 6.07) is 2.87. The molecule has 106 valence electrons. The second-order valence-corrected chi connectivity index (χ2v) is 7.53. The van der Waals surface area contributed by atoms with Gasteiger partial charge < -0.3 is 5.73 Å². The van der Waals surface area contributed by atoms with Gasteiger partial charge in [-0.25, -0.2) is 0 Å². The van der Waals surface area contributed by atoms with Crippen LogP contribution in [0.5, 0.6) is 0 Å². The summed E-state index contributed by atoms with van der Waals surface area (Å²) >= 11 is 1.93. The fourth-order valence-electron chi connectivity index (χ4n) is 4.07. The number of nitrogens with two attached hydrogens (primary N) is 1. The molecule has 3 rings (SSSR count). The van der Waals surface area contributed by atoms with E-state index in [1.54, 1.807) is 10.4 Å². The van der Waals surface area contributed by atoms with Crippen LogP contribution in [0.25, 0.3) is 0 Å². The van der Waals surface area contributed by atoms with Gasteiger partial charge in [0, 0.05) is 29.5 Å². The van der Waals surface area contributed by atoms with Crippen molar-refractivity contribution >= 4 is 11.3 Å². The maximum Gasteiger partial charge on any atom is 0.0338 e. The van der Waals surface area contributed by atoms with Crippen molar-refractivity contribution in [3.05, 3.63) is 21.9 Å². The van der Waals surface area contributed by atoms with Crippen molar-refractivity contribution in [1.29, 1.82) is 0 Å². The summed E-state index contributed by atoms with van der Waals surface area (Å²) in [5, 5.41) is 2.25. The molecule has 2 nitrogen and oxygen atoms in total. The Morgan fingerprint density at radius 1 is 1.37 bits per heavy atom. The van der Waals surface area contributed by atoms with Gasteiger partial charge in [0.05, 0.1) is 0 Å². The normalized spacial score (nSPS) is 36.2. The molecule has 2 N–H and O–H groups in total. The highest BCUT2D eigenvalue weighted by Crippen LogP contribution is 2.43. The van der Waals surface area contributed by atoms with Crippen LogP contribution < -0.4 is 5.73 Å². The minimum absolute atomic E-state index is 0.269. The third-order valence-corrected chi connectivity index (χ3v) is 6.47.